The molecular weight excluding hydrogens is 401 g/mol. The second-order valence-corrected chi connectivity index (χ2v) is 7.12. The zero-order valence-corrected chi connectivity index (χ0v) is 15.9. The van der Waals surface area contributed by atoms with Gasteiger partial charge in [0, 0.05) is 17.3 Å². The van der Waals surface area contributed by atoms with Crippen molar-refractivity contribution in [1.82, 2.24) is 4.90 Å². The first kappa shape index (κ1) is 20.2. The number of rotatable bonds is 5. The SMILES string of the molecule is Cc1ccc(/C=C2/SC(=O)N(CC(=O)Nc3cccc(F)c3)C2=O)cc1[N+](=O)[O-]. The summed E-state index contributed by atoms with van der Waals surface area (Å²) in [6.45, 7) is 1.06. The summed E-state index contributed by atoms with van der Waals surface area (Å²) in [6.07, 6.45) is 1.36. The number of aryl methyl sites for hydroxylation is 1. The number of hydrogen-bond acceptors (Lipinski definition) is 6. The third kappa shape index (κ3) is 4.66. The highest BCUT2D eigenvalue weighted by atomic mass is 32.2. The maximum atomic E-state index is 13.2. The van der Waals surface area contributed by atoms with Crippen molar-refractivity contribution in [2.24, 2.45) is 0 Å². The zero-order chi connectivity index (χ0) is 21.1. The number of nitro benzene ring substituents is 1. The van der Waals surface area contributed by atoms with Crippen LogP contribution in [0.2, 0.25) is 0 Å². The number of hydrogen-bond donors (Lipinski definition) is 1. The number of imide groups is 1. The van der Waals surface area contributed by atoms with Crippen molar-refractivity contribution >= 4 is 46.3 Å². The van der Waals surface area contributed by atoms with E-state index in [-0.39, 0.29) is 16.3 Å². The van der Waals surface area contributed by atoms with Gasteiger partial charge in [-0.05, 0) is 48.5 Å². The summed E-state index contributed by atoms with van der Waals surface area (Å²) in [6, 6.07) is 9.64. The van der Waals surface area contributed by atoms with Gasteiger partial charge in [0.1, 0.15) is 12.4 Å². The van der Waals surface area contributed by atoms with Crippen LogP contribution in [0.15, 0.2) is 47.4 Å². The first-order valence-electron chi connectivity index (χ1n) is 8.30. The van der Waals surface area contributed by atoms with Gasteiger partial charge in [0.2, 0.25) is 5.91 Å². The fourth-order valence-electron chi connectivity index (χ4n) is 2.61. The van der Waals surface area contributed by atoms with Crippen LogP contribution in [0.3, 0.4) is 0 Å². The van der Waals surface area contributed by atoms with E-state index in [0.29, 0.717) is 22.9 Å². The van der Waals surface area contributed by atoms with E-state index >= 15 is 0 Å². The Balaban J connectivity index is 1.74. The zero-order valence-electron chi connectivity index (χ0n) is 15.0. The van der Waals surface area contributed by atoms with E-state index in [4.69, 9.17) is 0 Å². The van der Waals surface area contributed by atoms with Crippen LogP contribution >= 0.6 is 11.8 Å². The van der Waals surface area contributed by atoms with Gasteiger partial charge in [0.05, 0.1) is 9.83 Å². The average molecular weight is 415 g/mol. The Morgan fingerprint density at radius 2 is 2.03 bits per heavy atom. The second kappa shape index (κ2) is 8.23. The van der Waals surface area contributed by atoms with Gasteiger partial charge in [-0.25, -0.2) is 4.39 Å². The maximum Gasteiger partial charge on any atom is 0.294 e. The van der Waals surface area contributed by atoms with E-state index in [1.807, 2.05) is 0 Å². The van der Waals surface area contributed by atoms with Crippen LogP contribution in [-0.2, 0) is 9.59 Å². The highest BCUT2D eigenvalue weighted by Crippen LogP contribution is 2.33. The molecule has 0 aromatic heterocycles. The summed E-state index contributed by atoms with van der Waals surface area (Å²) in [5.74, 6) is -1.88. The highest BCUT2D eigenvalue weighted by Gasteiger charge is 2.36. The van der Waals surface area contributed by atoms with Gasteiger partial charge >= 0.3 is 0 Å². The molecule has 10 heteroatoms. The van der Waals surface area contributed by atoms with Crippen LogP contribution < -0.4 is 5.32 Å². The summed E-state index contributed by atoms with van der Waals surface area (Å²) in [5.41, 5.74) is 0.947. The molecule has 0 spiro atoms. The molecule has 2 aromatic carbocycles. The Morgan fingerprint density at radius 1 is 1.28 bits per heavy atom. The number of amides is 3. The fourth-order valence-corrected chi connectivity index (χ4v) is 3.45. The number of nitrogens with zero attached hydrogens (tertiary/aromatic N) is 2. The van der Waals surface area contributed by atoms with Gasteiger partial charge in [-0.15, -0.1) is 0 Å². The minimum Gasteiger partial charge on any atom is -0.324 e. The monoisotopic (exact) mass is 415 g/mol. The summed E-state index contributed by atoms with van der Waals surface area (Å²) in [7, 11) is 0. The predicted octanol–water partition coefficient (Wildman–Crippen LogP) is 3.72. The number of anilines is 1. The Bertz CT molecular complexity index is 1070. The van der Waals surface area contributed by atoms with Crippen molar-refractivity contribution in [2.45, 2.75) is 6.92 Å². The molecule has 0 bridgehead atoms. The third-order valence-corrected chi connectivity index (χ3v) is 4.92. The molecular formula is C19H14FN3O5S. The van der Waals surface area contributed by atoms with Crippen LogP contribution in [-0.4, -0.2) is 33.4 Å². The topological polar surface area (TPSA) is 110 Å². The Kier molecular flexibility index (Phi) is 5.74. The summed E-state index contributed by atoms with van der Waals surface area (Å²) < 4.78 is 13.2. The molecule has 2 aromatic rings. The van der Waals surface area contributed by atoms with E-state index in [2.05, 4.69) is 5.32 Å². The van der Waals surface area contributed by atoms with Crippen LogP contribution in [0.5, 0.6) is 0 Å². The lowest BCUT2D eigenvalue weighted by Gasteiger charge is -2.12. The van der Waals surface area contributed by atoms with E-state index in [1.54, 1.807) is 19.1 Å². The van der Waals surface area contributed by atoms with E-state index in [0.717, 1.165) is 11.0 Å². The maximum absolute atomic E-state index is 13.2. The van der Waals surface area contributed by atoms with Crippen molar-refractivity contribution in [3.8, 4) is 0 Å². The van der Waals surface area contributed by atoms with Crippen molar-refractivity contribution < 1.29 is 23.7 Å². The first-order chi connectivity index (χ1) is 13.7. The molecule has 1 saturated heterocycles. The van der Waals surface area contributed by atoms with Gasteiger partial charge in [0.15, 0.2) is 0 Å². The minimum atomic E-state index is -0.683. The molecule has 8 nitrogen and oxygen atoms in total. The molecule has 3 rings (SSSR count). The Labute approximate surface area is 168 Å². The molecule has 0 saturated carbocycles. The smallest absolute Gasteiger partial charge is 0.294 e. The van der Waals surface area contributed by atoms with Crippen LogP contribution in [0.4, 0.5) is 20.6 Å². The van der Waals surface area contributed by atoms with Crippen molar-refractivity contribution in [3.05, 3.63) is 74.4 Å². The lowest BCUT2D eigenvalue weighted by Crippen LogP contribution is -2.36. The number of thioether (sulfide) groups is 1. The van der Waals surface area contributed by atoms with Gasteiger partial charge in [-0.1, -0.05) is 18.2 Å². The van der Waals surface area contributed by atoms with Gasteiger partial charge < -0.3 is 5.32 Å². The molecule has 148 valence electrons. The molecule has 0 unspecified atom stereocenters. The van der Waals surface area contributed by atoms with Crippen molar-refractivity contribution in [1.29, 1.82) is 0 Å². The van der Waals surface area contributed by atoms with E-state index < -0.39 is 34.3 Å². The molecule has 0 radical (unpaired) electrons. The number of nitro groups is 1. The summed E-state index contributed by atoms with van der Waals surface area (Å²) in [4.78, 5) is 48.1. The van der Waals surface area contributed by atoms with E-state index in [1.165, 1.54) is 30.3 Å². The third-order valence-electron chi connectivity index (χ3n) is 4.01. The lowest BCUT2D eigenvalue weighted by molar-refractivity contribution is -0.385. The van der Waals surface area contributed by atoms with Gasteiger partial charge in [0.25, 0.3) is 16.8 Å². The molecule has 1 aliphatic rings. The van der Waals surface area contributed by atoms with Gasteiger partial charge in [-0.2, -0.15) is 0 Å². The Morgan fingerprint density at radius 3 is 2.72 bits per heavy atom. The van der Waals surface area contributed by atoms with Crippen LogP contribution in [0, 0.1) is 22.9 Å². The first-order valence-corrected chi connectivity index (χ1v) is 9.12. The quantitative estimate of drug-likeness (QED) is 0.453. The molecule has 0 atom stereocenters. The van der Waals surface area contributed by atoms with Crippen molar-refractivity contribution in [3.63, 3.8) is 0 Å². The normalized spacial score (nSPS) is 15.1. The predicted molar refractivity (Wildman–Crippen MR) is 106 cm³/mol. The average Bonchev–Trinajstić information content (AvgIpc) is 2.90. The van der Waals surface area contributed by atoms with Crippen LogP contribution in [0.1, 0.15) is 11.1 Å². The number of carbonyl (C=O) groups excluding carboxylic acids is 3. The molecule has 1 fully saturated rings. The standard InChI is InChI=1S/C19H14FN3O5S/c1-11-5-6-12(7-15(11)23(27)28)8-16-18(25)22(19(26)29-16)10-17(24)21-14-4-2-3-13(20)9-14/h2-9H,10H2,1H3,(H,21,24)/b16-8+. The van der Waals surface area contributed by atoms with Crippen molar-refractivity contribution in [2.75, 3.05) is 11.9 Å². The summed E-state index contributed by atoms with van der Waals surface area (Å²) >= 11 is 0.635. The molecule has 3 amide bonds. The number of carbonyl (C=O) groups is 3. The molecule has 1 heterocycles. The lowest BCUT2D eigenvalue weighted by atomic mass is 10.1. The Hall–Kier alpha value is -3.53. The number of benzene rings is 2. The van der Waals surface area contributed by atoms with Gasteiger partial charge in [-0.3, -0.25) is 29.4 Å². The summed E-state index contributed by atoms with van der Waals surface area (Å²) in [5, 5.41) is 12.8. The molecule has 1 aliphatic heterocycles. The minimum absolute atomic E-state index is 0.0479. The second-order valence-electron chi connectivity index (χ2n) is 6.13. The van der Waals surface area contributed by atoms with Crippen LogP contribution in [0.25, 0.3) is 6.08 Å². The molecule has 1 N–H and O–H groups in total. The number of nitrogens with one attached hydrogen (secondary N) is 1. The fraction of sp³-hybridized carbons (Fsp3) is 0.105. The largest absolute Gasteiger partial charge is 0.324 e. The number of halogens is 1. The van der Waals surface area contributed by atoms with E-state index in [9.17, 15) is 28.9 Å². The molecule has 0 aliphatic carbocycles. The highest BCUT2D eigenvalue weighted by molar-refractivity contribution is 8.18. The molecule has 29 heavy (non-hydrogen) atoms.